The minimum absolute atomic E-state index is 0.244. The van der Waals surface area contributed by atoms with Gasteiger partial charge < -0.3 is 14.1 Å². The largest absolute Gasteiger partial charge is 0.477 e. The molecular weight excluding hydrogens is 416 g/mol. The second-order valence-electron chi connectivity index (χ2n) is 9.18. The van der Waals surface area contributed by atoms with Crippen molar-refractivity contribution in [1.29, 1.82) is 0 Å². The molecule has 3 aromatic heterocycles. The fraction of sp³-hybridized carbons (Fsp3) is 0.423. The lowest BCUT2D eigenvalue weighted by atomic mass is 10.1. The number of fused-ring (bicyclic) bond motifs is 2. The van der Waals surface area contributed by atoms with Crippen molar-refractivity contribution in [3.8, 4) is 17.3 Å². The van der Waals surface area contributed by atoms with Crippen LogP contribution in [-0.2, 0) is 4.79 Å². The Morgan fingerprint density at radius 2 is 1.97 bits per heavy atom. The first-order valence-corrected chi connectivity index (χ1v) is 12.0. The van der Waals surface area contributed by atoms with E-state index in [-0.39, 0.29) is 12.0 Å². The van der Waals surface area contributed by atoms with Crippen molar-refractivity contribution in [3.05, 3.63) is 48.7 Å². The number of carbonyl (C=O) groups excluding carboxylic acids is 1. The van der Waals surface area contributed by atoms with E-state index in [1.165, 1.54) is 12.8 Å². The number of likely N-dealkylation sites (tertiary alicyclic amines) is 1. The summed E-state index contributed by atoms with van der Waals surface area (Å²) >= 11 is 0. The molecule has 33 heavy (non-hydrogen) atoms. The lowest BCUT2D eigenvalue weighted by Crippen LogP contribution is -2.39. The van der Waals surface area contributed by atoms with E-state index in [9.17, 15) is 4.79 Å². The number of furan rings is 1. The Bertz CT molecular complexity index is 1250. The fourth-order valence-electron chi connectivity index (χ4n) is 5.34. The number of imidazole rings is 1. The molecule has 0 unspecified atom stereocenters. The van der Waals surface area contributed by atoms with Crippen LogP contribution in [0.2, 0.25) is 0 Å². The van der Waals surface area contributed by atoms with Crippen LogP contribution in [0.25, 0.3) is 28.1 Å². The first-order valence-electron chi connectivity index (χ1n) is 12.0. The van der Waals surface area contributed by atoms with E-state index < -0.39 is 0 Å². The van der Waals surface area contributed by atoms with Gasteiger partial charge in [0.1, 0.15) is 11.3 Å². The Labute approximate surface area is 192 Å². The predicted molar refractivity (Wildman–Crippen MR) is 125 cm³/mol. The molecule has 7 heteroatoms. The molecule has 1 aliphatic carbocycles. The number of carbonyl (C=O) groups is 1. The standard InChI is InChI=1S/C26H28N4O3/c31-26(18-6-1-2-7-18)29-14-5-9-20(29)13-15-32-25-12-11-24-27-17-21(30(24)28-25)23-16-19-8-3-4-10-22(19)33-23/h3-4,8,10-12,16-18,20H,1-2,5-7,9,13-15H2/t20-/m0/s1. The summed E-state index contributed by atoms with van der Waals surface area (Å²) in [6.07, 6.45) is 9.25. The van der Waals surface area contributed by atoms with Crippen molar-refractivity contribution in [2.24, 2.45) is 5.92 Å². The number of hydrogen-bond acceptors (Lipinski definition) is 5. The Morgan fingerprint density at radius 1 is 1.09 bits per heavy atom. The van der Waals surface area contributed by atoms with Gasteiger partial charge in [-0.05, 0) is 43.9 Å². The van der Waals surface area contributed by atoms with Crippen molar-refractivity contribution >= 4 is 22.5 Å². The monoisotopic (exact) mass is 444 g/mol. The van der Waals surface area contributed by atoms with Crippen LogP contribution in [-0.4, -0.2) is 44.6 Å². The summed E-state index contributed by atoms with van der Waals surface area (Å²) in [5, 5.41) is 5.70. The number of rotatable bonds is 6. The molecule has 2 aliphatic rings. The smallest absolute Gasteiger partial charge is 0.231 e. The summed E-state index contributed by atoms with van der Waals surface area (Å²) in [7, 11) is 0. The molecule has 2 fully saturated rings. The zero-order chi connectivity index (χ0) is 22.2. The van der Waals surface area contributed by atoms with Crippen molar-refractivity contribution < 1.29 is 13.9 Å². The van der Waals surface area contributed by atoms with Crippen molar-refractivity contribution in [2.45, 2.75) is 51.0 Å². The number of aromatic nitrogens is 3. The average molecular weight is 445 g/mol. The van der Waals surface area contributed by atoms with Gasteiger partial charge in [-0.2, -0.15) is 0 Å². The highest BCUT2D eigenvalue weighted by Crippen LogP contribution is 2.31. The van der Waals surface area contributed by atoms with Gasteiger partial charge in [-0.1, -0.05) is 31.0 Å². The van der Waals surface area contributed by atoms with Crippen LogP contribution in [0.1, 0.15) is 44.9 Å². The van der Waals surface area contributed by atoms with Crippen molar-refractivity contribution in [3.63, 3.8) is 0 Å². The van der Waals surface area contributed by atoms with Crippen molar-refractivity contribution in [2.75, 3.05) is 13.2 Å². The molecule has 4 heterocycles. The van der Waals surface area contributed by atoms with Crippen LogP contribution in [0.3, 0.4) is 0 Å². The molecule has 7 nitrogen and oxygen atoms in total. The normalized spacial score (nSPS) is 19.2. The maximum Gasteiger partial charge on any atom is 0.231 e. The minimum Gasteiger partial charge on any atom is -0.477 e. The summed E-state index contributed by atoms with van der Waals surface area (Å²) in [5.74, 6) is 1.88. The van der Waals surface area contributed by atoms with E-state index in [0.717, 1.165) is 66.7 Å². The number of para-hydroxylation sites is 1. The van der Waals surface area contributed by atoms with Gasteiger partial charge in [-0.3, -0.25) is 4.79 Å². The quantitative estimate of drug-likeness (QED) is 0.414. The number of hydrogen-bond donors (Lipinski definition) is 0. The van der Waals surface area contributed by atoms with Gasteiger partial charge in [0.05, 0.1) is 12.8 Å². The van der Waals surface area contributed by atoms with E-state index in [0.29, 0.717) is 18.4 Å². The van der Waals surface area contributed by atoms with Gasteiger partial charge >= 0.3 is 0 Å². The fourth-order valence-corrected chi connectivity index (χ4v) is 5.34. The van der Waals surface area contributed by atoms with Crippen LogP contribution in [0, 0.1) is 5.92 Å². The van der Waals surface area contributed by atoms with Crippen molar-refractivity contribution in [1.82, 2.24) is 19.5 Å². The third kappa shape index (κ3) is 3.86. The highest BCUT2D eigenvalue weighted by atomic mass is 16.5. The molecule has 1 aromatic carbocycles. The maximum atomic E-state index is 12.9. The summed E-state index contributed by atoms with van der Waals surface area (Å²) in [6, 6.07) is 14.0. The molecule has 1 amide bonds. The number of ether oxygens (including phenoxy) is 1. The maximum absolute atomic E-state index is 12.9. The van der Waals surface area contributed by atoms with Crippen LogP contribution in [0.15, 0.2) is 53.1 Å². The molecule has 1 saturated carbocycles. The minimum atomic E-state index is 0.244. The molecule has 0 radical (unpaired) electrons. The van der Waals surface area contributed by atoms with Crippen LogP contribution in [0.4, 0.5) is 0 Å². The molecular formula is C26H28N4O3. The first-order chi connectivity index (χ1) is 16.3. The highest BCUT2D eigenvalue weighted by Gasteiger charge is 2.34. The molecule has 1 atom stereocenters. The molecule has 1 aliphatic heterocycles. The predicted octanol–water partition coefficient (Wildman–Crippen LogP) is 5.09. The topological polar surface area (TPSA) is 72.9 Å². The molecule has 6 rings (SSSR count). The summed E-state index contributed by atoms with van der Waals surface area (Å²) in [4.78, 5) is 19.5. The number of benzene rings is 1. The molecule has 4 aromatic rings. The van der Waals surface area contributed by atoms with Gasteiger partial charge in [-0.25, -0.2) is 9.50 Å². The molecule has 0 spiro atoms. The van der Waals surface area contributed by atoms with E-state index in [2.05, 4.69) is 15.0 Å². The van der Waals surface area contributed by atoms with E-state index >= 15 is 0 Å². The Kier molecular flexibility index (Phi) is 5.24. The first kappa shape index (κ1) is 20.3. The molecule has 170 valence electrons. The van der Waals surface area contributed by atoms with E-state index in [4.69, 9.17) is 9.15 Å². The Morgan fingerprint density at radius 3 is 2.85 bits per heavy atom. The lowest BCUT2D eigenvalue weighted by Gasteiger charge is -2.27. The SMILES string of the molecule is O=C(C1CCCC1)N1CCC[C@H]1CCOc1ccc2ncc(-c3cc4ccccc4o3)n2n1. The number of nitrogens with zero attached hydrogens (tertiary/aromatic N) is 4. The summed E-state index contributed by atoms with van der Waals surface area (Å²) in [5.41, 5.74) is 2.36. The van der Waals surface area contributed by atoms with E-state index in [1.54, 1.807) is 10.7 Å². The molecule has 0 N–H and O–H groups in total. The lowest BCUT2D eigenvalue weighted by molar-refractivity contribution is -0.136. The molecule has 1 saturated heterocycles. The second kappa shape index (κ2) is 8.54. The van der Waals surface area contributed by atoms with Gasteiger partial charge in [0.2, 0.25) is 11.8 Å². The summed E-state index contributed by atoms with van der Waals surface area (Å²) < 4.78 is 13.8. The zero-order valence-electron chi connectivity index (χ0n) is 18.7. The van der Waals surface area contributed by atoms with Gasteiger partial charge in [0.25, 0.3) is 0 Å². The van der Waals surface area contributed by atoms with Crippen LogP contribution < -0.4 is 4.74 Å². The van der Waals surface area contributed by atoms with Crippen LogP contribution >= 0.6 is 0 Å². The molecule has 0 bridgehead atoms. The Balaban J connectivity index is 1.15. The number of amides is 1. The van der Waals surface area contributed by atoms with Crippen LogP contribution in [0.5, 0.6) is 5.88 Å². The Hall–Kier alpha value is -3.35. The highest BCUT2D eigenvalue weighted by molar-refractivity contribution is 5.82. The second-order valence-corrected chi connectivity index (χ2v) is 9.18. The summed E-state index contributed by atoms with van der Waals surface area (Å²) in [6.45, 7) is 1.42. The van der Waals surface area contributed by atoms with E-state index in [1.807, 2.05) is 42.5 Å². The van der Waals surface area contributed by atoms with Gasteiger partial charge in [-0.15, -0.1) is 5.10 Å². The van der Waals surface area contributed by atoms with Gasteiger partial charge in [0, 0.05) is 36.4 Å². The van der Waals surface area contributed by atoms with Gasteiger partial charge in [0.15, 0.2) is 11.4 Å². The average Bonchev–Trinajstić information content (AvgIpc) is 3.64. The third-order valence-electron chi connectivity index (χ3n) is 7.08. The third-order valence-corrected chi connectivity index (χ3v) is 7.08. The zero-order valence-corrected chi connectivity index (χ0v) is 18.7.